The van der Waals surface area contributed by atoms with Crippen molar-refractivity contribution >= 4 is 33.6 Å². The topological polar surface area (TPSA) is 52.7 Å². The predicted octanol–water partition coefficient (Wildman–Crippen LogP) is 2.43. The van der Waals surface area contributed by atoms with Crippen LogP contribution in [0.1, 0.15) is 37.3 Å². The number of alkyl halides is 1. The summed E-state index contributed by atoms with van der Waals surface area (Å²) in [5.74, 6) is 3.17. The molecule has 0 saturated carbocycles. The van der Waals surface area contributed by atoms with Crippen LogP contribution in [0.2, 0.25) is 0 Å². The summed E-state index contributed by atoms with van der Waals surface area (Å²) < 4.78 is 16.0. The van der Waals surface area contributed by atoms with Gasteiger partial charge in [-0.25, -0.2) is 9.67 Å². The van der Waals surface area contributed by atoms with E-state index in [-0.39, 0.29) is 0 Å². The summed E-state index contributed by atoms with van der Waals surface area (Å²) in [5, 5.41) is 4.58. The summed E-state index contributed by atoms with van der Waals surface area (Å²) in [4.78, 5) is 4.78. The average Bonchev–Trinajstić information content (AvgIpc) is 2.98. The third-order valence-electron chi connectivity index (χ3n) is 4.16. The van der Waals surface area contributed by atoms with Crippen LogP contribution in [0.25, 0.3) is 11.2 Å². The summed E-state index contributed by atoms with van der Waals surface area (Å²) in [6, 6.07) is 0.368. The smallest absolute Gasteiger partial charge is 0.159 e. The first kappa shape index (κ1) is 15.0. The summed E-state index contributed by atoms with van der Waals surface area (Å²) in [5.41, 5.74) is 3.07. The average molecular weight is 329 g/mol. The normalized spacial score (nSPS) is 23.0. The molecule has 2 aromatic rings. The van der Waals surface area contributed by atoms with Crippen molar-refractivity contribution in [3.05, 3.63) is 11.5 Å². The van der Waals surface area contributed by atoms with Gasteiger partial charge in [0.1, 0.15) is 11.3 Å². The van der Waals surface area contributed by atoms with Crippen LogP contribution in [0.15, 0.2) is 0 Å². The number of fused-ring (bicyclic) bond motifs is 1. The van der Waals surface area contributed by atoms with E-state index in [1.807, 2.05) is 11.6 Å². The van der Waals surface area contributed by atoms with Crippen LogP contribution in [-0.4, -0.2) is 40.9 Å². The Morgan fingerprint density at radius 1 is 1.38 bits per heavy atom. The van der Waals surface area contributed by atoms with E-state index in [1.54, 1.807) is 0 Å². The summed E-state index contributed by atoms with van der Waals surface area (Å²) in [6.45, 7) is 4.93. The molecule has 0 radical (unpaired) electrons. The molecule has 5 nitrogen and oxygen atoms in total. The molecule has 1 aliphatic heterocycles. The van der Waals surface area contributed by atoms with E-state index < -0.39 is 10.8 Å². The van der Waals surface area contributed by atoms with E-state index in [9.17, 15) is 4.21 Å². The molecule has 0 aromatic carbocycles. The standard InChI is InChI=1S/C14H21ClN4OS/c1-3-18-14-13(10(2)17-18)16-12(4-7-15)19(14)11-5-8-21(20)9-6-11/h11H,3-9H2,1-2H3. The largest absolute Gasteiger partial charge is 0.310 e. The molecule has 1 aliphatic rings. The Labute approximate surface area is 132 Å². The molecule has 116 valence electrons. The maximum atomic E-state index is 11.6. The fraction of sp³-hybridized carbons (Fsp3) is 0.714. The lowest BCUT2D eigenvalue weighted by Crippen LogP contribution is -2.24. The van der Waals surface area contributed by atoms with Gasteiger partial charge in [-0.05, 0) is 26.7 Å². The first-order valence-electron chi connectivity index (χ1n) is 7.50. The highest BCUT2D eigenvalue weighted by Gasteiger charge is 2.26. The Hall–Kier alpha value is -0.880. The third kappa shape index (κ3) is 2.63. The molecule has 1 fully saturated rings. The second kappa shape index (κ2) is 6.08. The van der Waals surface area contributed by atoms with Gasteiger partial charge in [-0.15, -0.1) is 11.6 Å². The minimum absolute atomic E-state index is 0.368. The van der Waals surface area contributed by atoms with Gasteiger partial charge in [0.25, 0.3) is 0 Å². The van der Waals surface area contributed by atoms with Gasteiger partial charge in [0.05, 0.1) is 5.69 Å². The highest BCUT2D eigenvalue weighted by atomic mass is 35.5. The molecule has 3 rings (SSSR count). The molecular weight excluding hydrogens is 308 g/mol. The zero-order valence-corrected chi connectivity index (χ0v) is 14.1. The van der Waals surface area contributed by atoms with E-state index in [2.05, 4.69) is 16.6 Å². The molecule has 0 amide bonds. The Kier molecular flexibility index (Phi) is 4.36. The van der Waals surface area contributed by atoms with Crippen molar-refractivity contribution in [1.82, 2.24) is 19.3 Å². The number of rotatable bonds is 4. The van der Waals surface area contributed by atoms with Gasteiger partial charge in [0.2, 0.25) is 0 Å². The highest BCUT2D eigenvalue weighted by molar-refractivity contribution is 7.85. The van der Waals surface area contributed by atoms with Gasteiger partial charge in [-0.1, -0.05) is 0 Å². The van der Waals surface area contributed by atoms with Crippen LogP contribution >= 0.6 is 11.6 Å². The van der Waals surface area contributed by atoms with Crippen molar-refractivity contribution in [2.45, 2.75) is 45.7 Å². The lowest BCUT2D eigenvalue weighted by atomic mass is 10.1. The molecule has 7 heteroatoms. The van der Waals surface area contributed by atoms with Gasteiger partial charge in [0.15, 0.2) is 5.65 Å². The number of aryl methyl sites for hydroxylation is 3. The number of aromatic nitrogens is 4. The lowest BCUT2D eigenvalue weighted by molar-refractivity contribution is 0.449. The Bertz CT molecular complexity index is 668. The van der Waals surface area contributed by atoms with Crippen LogP contribution in [-0.2, 0) is 23.8 Å². The van der Waals surface area contributed by atoms with Gasteiger partial charge in [-0.3, -0.25) is 4.21 Å². The Balaban J connectivity index is 2.12. The van der Waals surface area contributed by atoms with E-state index in [4.69, 9.17) is 16.6 Å². The van der Waals surface area contributed by atoms with Crippen molar-refractivity contribution in [3.8, 4) is 0 Å². The van der Waals surface area contributed by atoms with Crippen molar-refractivity contribution in [3.63, 3.8) is 0 Å². The van der Waals surface area contributed by atoms with Gasteiger partial charge in [-0.2, -0.15) is 5.10 Å². The number of imidazole rings is 1. The molecule has 1 saturated heterocycles. The molecule has 2 aromatic heterocycles. The lowest BCUT2D eigenvalue weighted by Gasteiger charge is -2.25. The molecule has 0 spiro atoms. The fourth-order valence-electron chi connectivity index (χ4n) is 3.14. The van der Waals surface area contributed by atoms with Crippen molar-refractivity contribution in [2.75, 3.05) is 17.4 Å². The molecule has 0 atom stereocenters. The third-order valence-corrected chi connectivity index (χ3v) is 5.73. The second-order valence-corrected chi connectivity index (χ2v) is 7.56. The molecule has 3 heterocycles. The first-order valence-corrected chi connectivity index (χ1v) is 9.53. The van der Waals surface area contributed by atoms with E-state index >= 15 is 0 Å². The minimum atomic E-state index is -0.651. The molecule has 21 heavy (non-hydrogen) atoms. The quantitative estimate of drug-likeness (QED) is 0.810. The van der Waals surface area contributed by atoms with E-state index in [1.165, 1.54) is 0 Å². The highest BCUT2D eigenvalue weighted by Crippen LogP contribution is 2.30. The number of hydrogen-bond donors (Lipinski definition) is 0. The van der Waals surface area contributed by atoms with Crippen molar-refractivity contribution in [2.24, 2.45) is 0 Å². The summed E-state index contributed by atoms with van der Waals surface area (Å²) in [7, 11) is -0.651. The first-order chi connectivity index (χ1) is 10.2. The van der Waals surface area contributed by atoms with Crippen LogP contribution < -0.4 is 0 Å². The molecule has 0 unspecified atom stereocenters. The molecule has 0 bridgehead atoms. The Morgan fingerprint density at radius 2 is 2.10 bits per heavy atom. The molecule has 0 N–H and O–H groups in total. The maximum absolute atomic E-state index is 11.6. The monoisotopic (exact) mass is 328 g/mol. The summed E-state index contributed by atoms with van der Waals surface area (Å²) in [6.07, 6.45) is 2.65. The fourth-order valence-corrected chi connectivity index (χ4v) is 4.58. The maximum Gasteiger partial charge on any atom is 0.159 e. The van der Waals surface area contributed by atoms with Crippen LogP contribution in [0.5, 0.6) is 0 Å². The van der Waals surface area contributed by atoms with E-state index in [0.717, 1.165) is 60.0 Å². The SMILES string of the molecule is CCn1nc(C)c2nc(CCCl)n(C3CCS(=O)CC3)c21. The second-order valence-electron chi connectivity index (χ2n) is 5.49. The minimum Gasteiger partial charge on any atom is -0.310 e. The predicted molar refractivity (Wildman–Crippen MR) is 86.5 cm³/mol. The zero-order valence-electron chi connectivity index (χ0n) is 12.5. The van der Waals surface area contributed by atoms with Gasteiger partial charge >= 0.3 is 0 Å². The Morgan fingerprint density at radius 3 is 2.71 bits per heavy atom. The van der Waals surface area contributed by atoms with Crippen LogP contribution in [0.3, 0.4) is 0 Å². The van der Waals surface area contributed by atoms with Crippen molar-refractivity contribution in [1.29, 1.82) is 0 Å². The van der Waals surface area contributed by atoms with Gasteiger partial charge in [0, 0.05) is 47.2 Å². The molecular formula is C14H21ClN4OS. The number of hydrogen-bond acceptors (Lipinski definition) is 3. The summed E-state index contributed by atoms with van der Waals surface area (Å²) >= 11 is 5.95. The van der Waals surface area contributed by atoms with Crippen LogP contribution in [0.4, 0.5) is 0 Å². The van der Waals surface area contributed by atoms with Gasteiger partial charge < -0.3 is 4.57 Å². The van der Waals surface area contributed by atoms with E-state index in [0.29, 0.717) is 11.9 Å². The number of nitrogens with zero attached hydrogens (tertiary/aromatic N) is 4. The van der Waals surface area contributed by atoms with Crippen LogP contribution in [0, 0.1) is 6.92 Å². The molecule has 0 aliphatic carbocycles. The van der Waals surface area contributed by atoms with Crippen molar-refractivity contribution < 1.29 is 4.21 Å². The zero-order chi connectivity index (χ0) is 15.0. The number of halogens is 1.